The number of furan rings is 1. The molecule has 5 aromatic carbocycles. The number of nitrogens with zero attached hydrogens (tertiary/aromatic N) is 3. The summed E-state index contributed by atoms with van der Waals surface area (Å²) in [6.07, 6.45) is 3.83. The van der Waals surface area contributed by atoms with E-state index in [0.717, 1.165) is 55.7 Å². The zero-order valence-electron chi connectivity index (χ0n) is 30.3. The number of rotatable bonds is 4. The number of hydrogen-bond acceptors (Lipinski definition) is 4. The molecule has 4 nitrogen and oxygen atoms in total. The van der Waals surface area contributed by atoms with Crippen molar-refractivity contribution in [2.45, 2.75) is 34.6 Å². The molecule has 0 aliphatic carbocycles. The van der Waals surface area contributed by atoms with Crippen LogP contribution in [0.3, 0.4) is 0 Å². The van der Waals surface area contributed by atoms with Gasteiger partial charge < -0.3 is 14.4 Å². The van der Waals surface area contributed by atoms with E-state index >= 15 is 0 Å². The molecule has 9 aromatic rings. The van der Waals surface area contributed by atoms with Gasteiger partial charge in [-0.1, -0.05) is 108 Å². The summed E-state index contributed by atoms with van der Waals surface area (Å²) in [5, 5.41) is 4.53. The Hall–Kier alpha value is -5.74. The largest absolute Gasteiger partial charge is 0.486 e. The number of hydrogen-bond donors (Lipinski definition) is 0. The van der Waals surface area contributed by atoms with E-state index in [0.29, 0.717) is 5.71 Å². The predicted octanol–water partition coefficient (Wildman–Crippen LogP) is 12.4. The van der Waals surface area contributed by atoms with Crippen molar-refractivity contribution in [2.24, 2.45) is 0 Å². The van der Waals surface area contributed by atoms with E-state index in [4.69, 9.17) is 9.40 Å². The fraction of sp³-hybridized carbons (Fsp3) is 0.104. The normalized spacial score (nSPS) is 11.0. The van der Waals surface area contributed by atoms with Crippen LogP contribution in [0.15, 0.2) is 138 Å². The van der Waals surface area contributed by atoms with Gasteiger partial charge >= 0.3 is 0 Å². The Morgan fingerprint density at radius 2 is 1.34 bits per heavy atom. The third-order valence-electron chi connectivity index (χ3n) is 9.53. The predicted molar refractivity (Wildman–Crippen MR) is 214 cm³/mol. The Kier molecular flexibility index (Phi) is 10.1. The monoisotopic (exact) mass is 864 g/mol. The first-order valence-corrected chi connectivity index (χ1v) is 17.5. The first-order chi connectivity index (χ1) is 25.3. The van der Waals surface area contributed by atoms with Gasteiger partial charge in [0.2, 0.25) is 5.71 Å². The number of benzene rings is 5. The molecule has 0 spiro atoms. The summed E-state index contributed by atoms with van der Waals surface area (Å²) in [7, 11) is 0. The molecule has 0 fully saturated rings. The van der Waals surface area contributed by atoms with Gasteiger partial charge in [0.25, 0.3) is 0 Å². The van der Waals surface area contributed by atoms with Gasteiger partial charge in [0.1, 0.15) is 0 Å². The van der Waals surface area contributed by atoms with E-state index in [1.807, 2.05) is 62.6 Å². The molecule has 261 valence electrons. The van der Waals surface area contributed by atoms with Gasteiger partial charge in [-0.3, -0.25) is 0 Å². The van der Waals surface area contributed by atoms with Crippen LogP contribution in [0.4, 0.5) is 0 Å². The van der Waals surface area contributed by atoms with Crippen molar-refractivity contribution in [1.29, 1.82) is 0 Å². The van der Waals surface area contributed by atoms with Gasteiger partial charge in [-0.2, -0.15) is 0 Å². The van der Waals surface area contributed by atoms with E-state index in [1.54, 1.807) is 0 Å². The maximum absolute atomic E-state index is 6.18. The van der Waals surface area contributed by atoms with Gasteiger partial charge in [0.05, 0.1) is 5.58 Å². The molecule has 0 saturated heterocycles. The van der Waals surface area contributed by atoms with Crippen LogP contribution in [0.5, 0.6) is 0 Å². The van der Waals surface area contributed by atoms with Crippen molar-refractivity contribution in [1.82, 2.24) is 15.0 Å². The average Bonchev–Trinajstić information content (AvgIpc) is 3.54. The number of pyridine rings is 3. The molecule has 4 aromatic heterocycles. The van der Waals surface area contributed by atoms with Gasteiger partial charge in [0, 0.05) is 43.6 Å². The standard InChI is InChI=1S/C29H21N2O.C19H16N.Ir/c1-17-7-9-20-10-11-21(14-22(20)13-17)26-15-27(30-16-18(26)2)25-6-4-5-23-24-12-8-19(3)31-29(24)32-28(23)25;1-14-8-11-19(20-13-14)17-10-9-15(2)18(12-17)16-6-4-3-5-7-16;/h4-5,7-16H,1-3H3;3-9,11-13H,1-2H3;/q2*-1;. The van der Waals surface area contributed by atoms with Crippen LogP contribution in [0.1, 0.15) is 27.9 Å². The van der Waals surface area contributed by atoms with Crippen LogP contribution < -0.4 is 0 Å². The van der Waals surface area contributed by atoms with Crippen molar-refractivity contribution in [3.63, 3.8) is 0 Å². The SMILES string of the molecule is Cc1ccc(-c2[c-]cc(C)c(-c3ccccc3)c2)nc1.Cc1ccc2ccc(-c3cc(-c4[c-]ccc5c4oc4nc(C)ccc45)ncc3C)cc2c1.[Ir]. The van der Waals surface area contributed by atoms with E-state index in [2.05, 4.69) is 128 Å². The number of aryl methyl sites for hydroxylation is 5. The summed E-state index contributed by atoms with van der Waals surface area (Å²) >= 11 is 0. The summed E-state index contributed by atoms with van der Waals surface area (Å²) in [5.74, 6) is 0. The first kappa shape index (κ1) is 35.7. The van der Waals surface area contributed by atoms with Crippen molar-refractivity contribution in [3.8, 4) is 44.8 Å². The van der Waals surface area contributed by atoms with Crippen LogP contribution >= 0.6 is 0 Å². The summed E-state index contributed by atoms with van der Waals surface area (Å²) in [4.78, 5) is 13.8. The molecule has 0 aliphatic rings. The van der Waals surface area contributed by atoms with Crippen molar-refractivity contribution < 1.29 is 24.5 Å². The topological polar surface area (TPSA) is 51.8 Å². The van der Waals surface area contributed by atoms with E-state index < -0.39 is 0 Å². The second kappa shape index (κ2) is 15.1. The van der Waals surface area contributed by atoms with Crippen LogP contribution in [-0.4, -0.2) is 15.0 Å². The Balaban J connectivity index is 0.000000179. The molecule has 0 N–H and O–H groups in total. The molecule has 0 unspecified atom stereocenters. The third-order valence-corrected chi connectivity index (χ3v) is 9.53. The second-order valence-corrected chi connectivity index (χ2v) is 13.5. The fourth-order valence-electron chi connectivity index (χ4n) is 6.68. The number of fused-ring (bicyclic) bond motifs is 4. The molecular weight excluding hydrogens is 827 g/mol. The van der Waals surface area contributed by atoms with Crippen molar-refractivity contribution >= 4 is 32.8 Å². The van der Waals surface area contributed by atoms with Gasteiger partial charge in [0.15, 0.2) is 0 Å². The van der Waals surface area contributed by atoms with Gasteiger partial charge in [-0.15, -0.1) is 47.5 Å². The van der Waals surface area contributed by atoms with Crippen LogP contribution in [0, 0.1) is 46.8 Å². The van der Waals surface area contributed by atoms with Crippen molar-refractivity contribution in [3.05, 3.63) is 174 Å². The Bertz CT molecular complexity index is 2730. The average molecular weight is 864 g/mol. The fourth-order valence-corrected chi connectivity index (χ4v) is 6.68. The summed E-state index contributed by atoms with van der Waals surface area (Å²) < 4.78 is 6.18. The van der Waals surface area contributed by atoms with E-state index in [9.17, 15) is 0 Å². The van der Waals surface area contributed by atoms with E-state index in [1.165, 1.54) is 44.2 Å². The molecule has 9 rings (SSSR count). The minimum absolute atomic E-state index is 0. The Morgan fingerprint density at radius 3 is 2.15 bits per heavy atom. The van der Waals surface area contributed by atoms with Crippen LogP contribution in [0.2, 0.25) is 0 Å². The molecule has 0 atom stereocenters. The number of aromatic nitrogens is 3. The van der Waals surface area contributed by atoms with E-state index in [-0.39, 0.29) is 20.1 Å². The smallest absolute Gasteiger partial charge is 0.216 e. The van der Waals surface area contributed by atoms with Crippen molar-refractivity contribution in [2.75, 3.05) is 0 Å². The molecule has 53 heavy (non-hydrogen) atoms. The second-order valence-electron chi connectivity index (χ2n) is 13.5. The maximum atomic E-state index is 6.18. The molecule has 0 bridgehead atoms. The zero-order valence-corrected chi connectivity index (χ0v) is 32.7. The Morgan fingerprint density at radius 1 is 0.566 bits per heavy atom. The summed E-state index contributed by atoms with van der Waals surface area (Å²) in [6.45, 7) is 10.4. The molecule has 0 amide bonds. The minimum Gasteiger partial charge on any atom is -0.486 e. The third kappa shape index (κ3) is 7.32. The van der Waals surface area contributed by atoms with Crippen LogP contribution in [-0.2, 0) is 20.1 Å². The summed E-state index contributed by atoms with van der Waals surface area (Å²) in [6, 6.07) is 48.8. The molecule has 0 saturated carbocycles. The molecule has 1 radical (unpaired) electrons. The first-order valence-electron chi connectivity index (χ1n) is 17.5. The molecule has 0 aliphatic heterocycles. The Labute approximate surface area is 324 Å². The van der Waals surface area contributed by atoms with Gasteiger partial charge in [-0.05, 0) is 95.9 Å². The van der Waals surface area contributed by atoms with Gasteiger partial charge in [-0.25, -0.2) is 4.98 Å². The molecular formula is C48H37IrN3O-2. The maximum Gasteiger partial charge on any atom is 0.216 e. The molecule has 4 heterocycles. The minimum atomic E-state index is 0. The zero-order chi connectivity index (χ0) is 35.8. The summed E-state index contributed by atoms with van der Waals surface area (Å²) in [5.41, 5.74) is 15.7. The molecule has 5 heteroatoms. The quantitative estimate of drug-likeness (QED) is 0.165. The van der Waals surface area contributed by atoms with Crippen LogP contribution in [0.25, 0.3) is 77.6 Å².